The Kier molecular flexibility index (Phi) is 12.4. The molecule has 10 aromatic carbocycles. The minimum atomic E-state index is 0.167. The standard InChI is InChI=1S/C72H55N3O4/c1-45-36-52(16-31-68(45)75-71-34-19-55(49-12-27-62(78-4)28-13-49)42-66(71)67-43-56(20-35-72(67)75)50-14-29-63(79-5)30-15-50)58-38-46(44-73)37-57(39-58)51-6-21-59(22-7-51)74-69-32-17-53(47-8-23-60(76-2)24-9-47)40-64(69)65-41-54(18-33-70(65)74)48-10-25-61(77-3)26-11-48/h6-35,37-43,45H,36H2,1-5H3. The van der Waals surface area contributed by atoms with E-state index in [2.05, 4.69) is 186 Å². The molecule has 7 nitrogen and oxygen atoms in total. The number of benzene rings is 10. The van der Waals surface area contributed by atoms with Crippen LogP contribution in [0.25, 0.3) is 116 Å². The molecule has 0 radical (unpaired) electrons. The Balaban J connectivity index is 0.863. The van der Waals surface area contributed by atoms with Gasteiger partial charge in [-0.05, 0) is 207 Å². The fourth-order valence-electron chi connectivity index (χ4n) is 11.7. The first kappa shape index (κ1) is 48.6. The van der Waals surface area contributed by atoms with Gasteiger partial charge in [0.2, 0.25) is 0 Å². The van der Waals surface area contributed by atoms with Gasteiger partial charge in [0.15, 0.2) is 0 Å². The molecule has 13 rings (SSSR count). The first-order chi connectivity index (χ1) is 38.8. The van der Waals surface area contributed by atoms with E-state index in [1.54, 1.807) is 28.4 Å². The molecule has 0 saturated carbocycles. The number of rotatable bonds is 12. The van der Waals surface area contributed by atoms with Crippen molar-refractivity contribution in [2.45, 2.75) is 13.3 Å². The maximum atomic E-state index is 10.5. The molecule has 0 N–H and O–H groups in total. The van der Waals surface area contributed by atoms with Crippen LogP contribution in [-0.2, 0) is 0 Å². The van der Waals surface area contributed by atoms with E-state index in [9.17, 15) is 5.26 Å². The minimum absolute atomic E-state index is 0.167. The molecule has 2 aromatic heterocycles. The predicted octanol–water partition coefficient (Wildman–Crippen LogP) is 18.1. The van der Waals surface area contributed by atoms with Crippen LogP contribution in [0, 0.1) is 17.2 Å². The predicted molar refractivity (Wildman–Crippen MR) is 324 cm³/mol. The van der Waals surface area contributed by atoms with Gasteiger partial charge in [0.25, 0.3) is 0 Å². The molecule has 0 amide bonds. The molecule has 0 aliphatic heterocycles. The summed E-state index contributed by atoms with van der Waals surface area (Å²) >= 11 is 0. The molecular weight excluding hydrogens is 971 g/mol. The van der Waals surface area contributed by atoms with Crippen molar-refractivity contribution >= 4 is 54.9 Å². The maximum absolute atomic E-state index is 10.5. The average molecular weight is 1030 g/mol. The number of allylic oxidation sites excluding steroid dienone is 4. The smallest absolute Gasteiger partial charge is 0.118 e. The normalized spacial score (nSPS) is 13.3. The Morgan fingerprint density at radius 1 is 0.354 bits per heavy atom. The Labute approximate surface area is 459 Å². The number of fused-ring (bicyclic) bond motifs is 6. The third-order valence-electron chi connectivity index (χ3n) is 15.9. The summed E-state index contributed by atoms with van der Waals surface area (Å²) < 4.78 is 26.7. The van der Waals surface area contributed by atoms with Crippen LogP contribution in [0.1, 0.15) is 24.5 Å². The summed E-state index contributed by atoms with van der Waals surface area (Å²) in [6.45, 7) is 2.32. The second-order valence-electron chi connectivity index (χ2n) is 20.4. The molecule has 0 fully saturated rings. The number of ether oxygens (including phenoxy) is 4. The Morgan fingerprint density at radius 2 is 0.684 bits per heavy atom. The maximum Gasteiger partial charge on any atom is 0.118 e. The molecule has 12 aromatic rings. The van der Waals surface area contributed by atoms with Gasteiger partial charge in [-0.2, -0.15) is 5.26 Å². The van der Waals surface area contributed by atoms with Crippen molar-refractivity contribution in [2.75, 3.05) is 28.4 Å². The van der Waals surface area contributed by atoms with E-state index in [1.165, 1.54) is 22.0 Å². The molecular formula is C72H55N3O4. The van der Waals surface area contributed by atoms with Crippen molar-refractivity contribution in [3.05, 3.63) is 236 Å². The van der Waals surface area contributed by atoms with E-state index in [-0.39, 0.29) is 5.92 Å². The lowest BCUT2D eigenvalue weighted by molar-refractivity contribution is 0.415. The molecule has 0 bridgehead atoms. The van der Waals surface area contributed by atoms with E-state index < -0.39 is 0 Å². The Morgan fingerprint density at radius 3 is 1.04 bits per heavy atom. The van der Waals surface area contributed by atoms with Gasteiger partial charge in [-0.1, -0.05) is 97.9 Å². The highest BCUT2D eigenvalue weighted by molar-refractivity contribution is 6.13. The van der Waals surface area contributed by atoms with Gasteiger partial charge >= 0.3 is 0 Å². The van der Waals surface area contributed by atoms with E-state index in [0.29, 0.717) is 5.56 Å². The van der Waals surface area contributed by atoms with Gasteiger partial charge in [-0.3, -0.25) is 0 Å². The summed E-state index contributed by atoms with van der Waals surface area (Å²) in [4.78, 5) is 0. The largest absolute Gasteiger partial charge is 0.497 e. The van der Waals surface area contributed by atoms with Crippen molar-refractivity contribution < 1.29 is 18.9 Å². The van der Waals surface area contributed by atoms with Gasteiger partial charge in [0.1, 0.15) is 23.0 Å². The minimum Gasteiger partial charge on any atom is -0.497 e. The zero-order valence-corrected chi connectivity index (χ0v) is 44.6. The van der Waals surface area contributed by atoms with Crippen LogP contribution < -0.4 is 18.9 Å². The van der Waals surface area contributed by atoms with Crippen molar-refractivity contribution in [1.29, 1.82) is 5.26 Å². The molecule has 79 heavy (non-hydrogen) atoms. The second kappa shape index (κ2) is 20.2. The van der Waals surface area contributed by atoms with Crippen molar-refractivity contribution in [2.24, 2.45) is 5.92 Å². The van der Waals surface area contributed by atoms with Crippen molar-refractivity contribution in [3.8, 4) is 90.4 Å². The lowest BCUT2D eigenvalue weighted by atomic mass is 9.86. The summed E-state index contributed by atoms with van der Waals surface area (Å²) in [5.41, 5.74) is 20.8. The van der Waals surface area contributed by atoms with E-state index in [0.717, 1.165) is 129 Å². The lowest BCUT2D eigenvalue weighted by Crippen LogP contribution is -2.10. The van der Waals surface area contributed by atoms with Crippen LogP contribution in [0.5, 0.6) is 23.0 Å². The molecule has 0 saturated heterocycles. The van der Waals surface area contributed by atoms with Crippen LogP contribution in [0.15, 0.2) is 224 Å². The van der Waals surface area contributed by atoms with Crippen molar-refractivity contribution in [3.63, 3.8) is 0 Å². The molecule has 1 aliphatic carbocycles. The third-order valence-corrected chi connectivity index (χ3v) is 15.9. The van der Waals surface area contributed by atoms with Crippen LogP contribution in [0.3, 0.4) is 0 Å². The molecule has 7 heteroatoms. The summed E-state index contributed by atoms with van der Waals surface area (Å²) in [7, 11) is 6.78. The second-order valence-corrected chi connectivity index (χ2v) is 20.4. The third kappa shape index (κ3) is 8.84. The summed E-state index contributed by atoms with van der Waals surface area (Å²) in [6, 6.07) is 77.7. The van der Waals surface area contributed by atoms with Gasteiger partial charge < -0.3 is 28.1 Å². The quantitative estimate of drug-likeness (QED) is 0.122. The lowest BCUT2D eigenvalue weighted by Gasteiger charge is -2.25. The Bertz CT molecular complexity index is 4210. The van der Waals surface area contributed by atoms with E-state index >= 15 is 0 Å². The van der Waals surface area contributed by atoms with Crippen LogP contribution in [0.4, 0.5) is 0 Å². The highest BCUT2D eigenvalue weighted by Gasteiger charge is 2.24. The molecule has 1 unspecified atom stereocenters. The number of methoxy groups -OCH3 is 4. The zero-order valence-electron chi connectivity index (χ0n) is 44.6. The Hall–Kier alpha value is -10.0. The first-order valence-electron chi connectivity index (χ1n) is 26.6. The van der Waals surface area contributed by atoms with E-state index in [4.69, 9.17) is 18.9 Å². The van der Waals surface area contributed by atoms with Gasteiger partial charge in [0, 0.05) is 38.8 Å². The molecule has 1 atom stereocenters. The highest BCUT2D eigenvalue weighted by atomic mass is 16.5. The topological polar surface area (TPSA) is 70.6 Å². The highest BCUT2D eigenvalue weighted by Crippen LogP contribution is 2.44. The summed E-state index contributed by atoms with van der Waals surface area (Å²) in [6.07, 6.45) is 5.36. The fourth-order valence-corrected chi connectivity index (χ4v) is 11.7. The number of hydrogen-bond acceptors (Lipinski definition) is 5. The average Bonchev–Trinajstić information content (AvgIpc) is 4.19. The van der Waals surface area contributed by atoms with Crippen LogP contribution >= 0.6 is 0 Å². The molecule has 382 valence electrons. The molecule has 1 aliphatic rings. The van der Waals surface area contributed by atoms with Crippen molar-refractivity contribution in [1.82, 2.24) is 9.13 Å². The number of nitrogens with zero attached hydrogens (tertiary/aromatic N) is 3. The van der Waals surface area contributed by atoms with Crippen LogP contribution in [0.2, 0.25) is 0 Å². The van der Waals surface area contributed by atoms with E-state index in [1.807, 2.05) is 60.7 Å². The zero-order chi connectivity index (χ0) is 53.7. The monoisotopic (exact) mass is 1030 g/mol. The SMILES string of the molecule is COc1ccc(-c2ccc3c(c2)c2cc(-c4ccc(OC)cc4)ccc2n3C2=CC=C(c3cc(C#N)cc(-c4ccc(-n5c6ccc(-c7ccc(OC)cc7)cc6c6cc(-c7ccc(OC)cc7)ccc65)cc4)c3)CC2C)cc1. The summed E-state index contributed by atoms with van der Waals surface area (Å²) in [5.74, 6) is 3.49. The number of nitriles is 1. The first-order valence-corrected chi connectivity index (χ1v) is 26.6. The molecule has 0 spiro atoms. The summed E-state index contributed by atoms with van der Waals surface area (Å²) in [5, 5.41) is 15.2. The fraction of sp³-hybridized carbons (Fsp3) is 0.0972. The number of hydrogen-bond donors (Lipinski definition) is 0. The van der Waals surface area contributed by atoms with Gasteiger partial charge in [-0.15, -0.1) is 0 Å². The molecule has 2 heterocycles. The van der Waals surface area contributed by atoms with Crippen LogP contribution in [-0.4, -0.2) is 37.6 Å². The number of aromatic nitrogens is 2. The van der Waals surface area contributed by atoms with Gasteiger partial charge in [0.05, 0.1) is 62.1 Å². The van der Waals surface area contributed by atoms with Gasteiger partial charge in [-0.25, -0.2) is 0 Å².